The van der Waals surface area contributed by atoms with E-state index in [1.807, 2.05) is 0 Å². The molecule has 0 aliphatic heterocycles. The van der Waals surface area contributed by atoms with Crippen molar-refractivity contribution < 1.29 is 0 Å². The molecule has 0 atom stereocenters. The van der Waals surface area contributed by atoms with Gasteiger partial charge in [0, 0.05) is 38.0 Å². The Labute approximate surface area is 407 Å². The molecule has 0 N–H and O–H groups in total. The lowest BCUT2D eigenvalue weighted by molar-refractivity contribution is 1.09. The zero-order valence-electron chi connectivity index (χ0n) is 38.3. The summed E-state index contributed by atoms with van der Waals surface area (Å²) in [6, 6.07) is 102. The van der Waals surface area contributed by atoms with E-state index < -0.39 is 8.07 Å². The van der Waals surface area contributed by atoms with Crippen molar-refractivity contribution in [3.05, 3.63) is 273 Å². The minimum Gasteiger partial charge on any atom is -0.309 e. The van der Waals surface area contributed by atoms with Crippen LogP contribution in [-0.4, -0.2) is 21.8 Å². The molecule has 3 nitrogen and oxygen atoms in total. The standard InChI is InChI=1S/C66H45N3Si/c1-4-22-48(23-5-1)70(49-24-6-2-7-25-49,50-26-8-3-9-27-50)66-39-21-15-28-51(66)46-40-42-64(68-60-36-18-12-31-54(60)55-32-13-19-37-61(55)68)65(44-46)69-62-38-20-14-33-56(62)57-45-47(41-43-63(57)69)67-58-34-16-10-29-52(58)53-30-11-17-35-59(53)67/h1-45H. The number of benzene rings is 11. The summed E-state index contributed by atoms with van der Waals surface area (Å²) in [6.45, 7) is 0. The van der Waals surface area contributed by atoms with E-state index >= 15 is 0 Å². The number of hydrogen-bond acceptors (Lipinski definition) is 0. The van der Waals surface area contributed by atoms with Crippen molar-refractivity contribution in [1.82, 2.24) is 13.7 Å². The Balaban J connectivity index is 1.08. The Hall–Kier alpha value is -8.96. The monoisotopic (exact) mass is 907 g/mol. The molecule has 3 heterocycles. The molecule has 14 aromatic rings. The van der Waals surface area contributed by atoms with Gasteiger partial charge in [0.1, 0.15) is 0 Å². The van der Waals surface area contributed by atoms with Crippen LogP contribution in [0, 0.1) is 0 Å². The molecule has 0 spiro atoms. The van der Waals surface area contributed by atoms with Crippen molar-refractivity contribution in [2.24, 2.45) is 0 Å². The third kappa shape index (κ3) is 5.94. The zero-order valence-corrected chi connectivity index (χ0v) is 39.3. The SMILES string of the molecule is c1ccc([Si](c2ccccc2)(c2ccccc2)c2ccccc2-c2ccc(-n3c4ccccc4c4ccccc43)c(-n3c4ccccc4c4cc(-n5c6ccccc6c6ccccc65)ccc43)c2)cc1. The molecule has 0 fully saturated rings. The van der Waals surface area contributed by atoms with E-state index in [9.17, 15) is 0 Å². The van der Waals surface area contributed by atoms with Crippen LogP contribution in [0.4, 0.5) is 0 Å². The Morgan fingerprint density at radius 1 is 0.243 bits per heavy atom. The van der Waals surface area contributed by atoms with Gasteiger partial charge in [-0.2, -0.15) is 0 Å². The second-order valence-electron chi connectivity index (χ2n) is 18.4. The van der Waals surface area contributed by atoms with Gasteiger partial charge in [0.15, 0.2) is 8.07 Å². The highest BCUT2D eigenvalue weighted by Crippen LogP contribution is 2.41. The van der Waals surface area contributed by atoms with Crippen molar-refractivity contribution in [3.8, 4) is 28.2 Å². The average Bonchev–Trinajstić information content (AvgIpc) is 4.08. The first-order chi connectivity index (χ1) is 34.8. The van der Waals surface area contributed by atoms with Crippen LogP contribution >= 0.6 is 0 Å². The lowest BCUT2D eigenvalue weighted by Crippen LogP contribution is -2.75. The summed E-state index contributed by atoms with van der Waals surface area (Å²) < 4.78 is 7.45. The van der Waals surface area contributed by atoms with Gasteiger partial charge in [0.2, 0.25) is 0 Å². The van der Waals surface area contributed by atoms with Crippen LogP contribution in [0.25, 0.3) is 93.6 Å². The highest BCUT2D eigenvalue weighted by molar-refractivity contribution is 7.20. The number of nitrogens with zero attached hydrogens (tertiary/aromatic N) is 3. The maximum Gasteiger partial charge on any atom is 0.180 e. The summed E-state index contributed by atoms with van der Waals surface area (Å²) in [5.74, 6) is 0. The van der Waals surface area contributed by atoms with Crippen LogP contribution in [-0.2, 0) is 0 Å². The van der Waals surface area contributed by atoms with Gasteiger partial charge in [0.25, 0.3) is 0 Å². The van der Waals surface area contributed by atoms with E-state index in [2.05, 4.69) is 287 Å². The van der Waals surface area contributed by atoms with E-state index in [1.165, 1.54) is 86.3 Å². The molecule has 4 heteroatoms. The Bertz CT molecular complexity index is 4090. The van der Waals surface area contributed by atoms with Gasteiger partial charge >= 0.3 is 0 Å². The molecule has 0 saturated carbocycles. The van der Waals surface area contributed by atoms with Crippen molar-refractivity contribution in [1.29, 1.82) is 0 Å². The number of hydrogen-bond donors (Lipinski definition) is 0. The molecule has 0 amide bonds. The van der Waals surface area contributed by atoms with Gasteiger partial charge in [-0.25, -0.2) is 0 Å². The van der Waals surface area contributed by atoms with E-state index in [1.54, 1.807) is 0 Å². The number of para-hydroxylation sites is 5. The predicted molar refractivity (Wildman–Crippen MR) is 299 cm³/mol. The third-order valence-corrected chi connectivity index (χ3v) is 19.6. The lowest BCUT2D eigenvalue weighted by atomic mass is 10.0. The zero-order chi connectivity index (χ0) is 46.2. The number of fused-ring (bicyclic) bond motifs is 9. The second-order valence-corrected chi connectivity index (χ2v) is 22.2. The first kappa shape index (κ1) is 40.1. The van der Waals surface area contributed by atoms with Gasteiger partial charge in [-0.1, -0.05) is 212 Å². The van der Waals surface area contributed by atoms with E-state index in [0.29, 0.717) is 0 Å². The van der Waals surface area contributed by atoms with Gasteiger partial charge in [-0.15, -0.1) is 0 Å². The van der Waals surface area contributed by atoms with Gasteiger partial charge in [-0.3, -0.25) is 0 Å². The van der Waals surface area contributed by atoms with E-state index in [-0.39, 0.29) is 0 Å². The summed E-state index contributed by atoms with van der Waals surface area (Å²) in [5, 5.41) is 12.8. The second kappa shape index (κ2) is 16.1. The molecule has 0 aliphatic carbocycles. The largest absolute Gasteiger partial charge is 0.309 e. The van der Waals surface area contributed by atoms with Crippen molar-refractivity contribution >= 4 is 94.2 Å². The quantitative estimate of drug-likeness (QED) is 0.107. The van der Waals surface area contributed by atoms with Crippen molar-refractivity contribution in [2.75, 3.05) is 0 Å². The highest BCUT2D eigenvalue weighted by atomic mass is 28.3. The molecule has 11 aromatic carbocycles. The fourth-order valence-corrected chi connectivity index (χ4v) is 16.9. The molecular formula is C66H45N3Si. The lowest BCUT2D eigenvalue weighted by Gasteiger charge is -2.36. The predicted octanol–water partition coefficient (Wildman–Crippen LogP) is 14.0. The highest BCUT2D eigenvalue weighted by Gasteiger charge is 2.43. The third-order valence-electron chi connectivity index (χ3n) is 14.8. The van der Waals surface area contributed by atoms with Crippen LogP contribution in [0.15, 0.2) is 273 Å². The van der Waals surface area contributed by atoms with Crippen molar-refractivity contribution in [3.63, 3.8) is 0 Å². The first-order valence-corrected chi connectivity index (χ1v) is 26.2. The smallest absolute Gasteiger partial charge is 0.180 e. The van der Waals surface area contributed by atoms with Crippen LogP contribution < -0.4 is 20.7 Å². The van der Waals surface area contributed by atoms with E-state index in [4.69, 9.17) is 0 Å². The minimum atomic E-state index is -2.92. The van der Waals surface area contributed by atoms with Gasteiger partial charge < -0.3 is 13.7 Å². The number of aromatic nitrogens is 3. The first-order valence-electron chi connectivity index (χ1n) is 24.2. The molecule has 3 aromatic heterocycles. The summed E-state index contributed by atoms with van der Waals surface area (Å²) in [7, 11) is -2.92. The fourth-order valence-electron chi connectivity index (χ4n) is 11.9. The topological polar surface area (TPSA) is 14.8 Å². The molecule has 14 rings (SSSR count). The molecule has 70 heavy (non-hydrogen) atoms. The summed E-state index contributed by atoms with van der Waals surface area (Å²) in [5.41, 5.74) is 12.8. The summed E-state index contributed by atoms with van der Waals surface area (Å²) >= 11 is 0. The number of rotatable bonds is 8. The van der Waals surface area contributed by atoms with Gasteiger partial charge in [0.05, 0.1) is 44.5 Å². The van der Waals surface area contributed by atoms with Crippen LogP contribution in [0.2, 0.25) is 0 Å². The Kier molecular flexibility index (Phi) is 9.23. The molecule has 0 saturated heterocycles. The average molecular weight is 908 g/mol. The van der Waals surface area contributed by atoms with Crippen LogP contribution in [0.1, 0.15) is 0 Å². The van der Waals surface area contributed by atoms with Crippen molar-refractivity contribution in [2.45, 2.75) is 0 Å². The molecule has 0 radical (unpaired) electrons. The summed E-state index contributed by atoms with van der Waals surface area (Å²) in [6.07, 6.45) is 0. The Morgan fingerprint density at radius 3 is 1.10 bits per heavy atom. The maximum atomic E-state index is 2.53. The summed E-state index contributed by atoms with van der Waals surface area (Å²) in [4.78, 5) is 0. The van der Waals surface area contributed by atoms with E-state index in [0.717, 1.165) is 28.1 Å². The van der Waals surface area contributed by atoms with Crippen LogP contribution in [0.3, 0.4) is 0 Å². The Morgan fingerprint density at radius 2 is 0.614 bits per heavy atom. The van der Waals surface area contributed by atoms with Gasteiger partial charge in [-0.05, 0) is 92.5 Å². The fraction of sp³-hybridized carbons (Fsp3) is 0. The molecule has 0 bridgehead atoms. The van der Waals surface area contributed by atoms with Crippen LogP contribution in [0.5, 0.6) is 0 Å². The molecule has 0 aliphatic rings. The minimum absolute atomic E-state index is 1.11. The molecule has 328 valence electrons. The normalized spacial score (nSPS) is 12.0. The maximum absolute atomic E-state index is 2.92. The molecule has 0 unspecified atom stereocenters. The molecular weight excluding hydrogens is 863 g/mol.